The summed E-state index contributed by atoms with van der Waals surface area (Å²) in [4.78, 5) is 29.6. The number of benzene rings is 1. The molecule has 1 fully saturated rings. The Bertz CT molecular complexity index is 831. The molecule has 27 heavy (non-hydrogen) atoms. The van der Waals surface area contributed by atoms with Crippen molar-refractivity contribution in [3.8, 4) is 5.75 Å². The smallest absolute Gasteiger partial charge is 0.290 e. The molecular formula is C21H24N2O4. The number of carbonyl (C=O) groups excluding carboxylic acids is 2. The Hall–Kier alpha value is -2.76. The highest BCUT2D eigenvalue weighted by molar-refractivity contribution is 5.95. The predicted molar refractivity (Wildman–Crippen MR) is 99.5 cm³/mol. The number of nitrogens with zero attached hydrogens (tertiary/aromatic N) is 2. The largest absolute Gasteiger partial charge is 0.497 e. The van der Waals surface area contributed by atoms with Gasteiger partial charge in [0.1, 0.15) is 11.8 Å². The zero-order chi connectivity index (χ0) is 18.8. The summed E-state index contributed by atoms with van der Waals surface area (Å²) in [6.07, 6.45) is 4.88. The van der Waals surface area contributed by atoms with E-state index in [4.69, 9.17) is 9.15 Å². The molecule has 1 aromatic heterocycles. The Balaban J connectivity index is 1.53. The standard InChI is InChI=1S/C21H24N2O4/c1-26-17-8-7-15-9-11-22(14-16(15)13-17)20(24)18-5-2-3-10-23(18)21(25)19-6-4-12-27-19/h4,6-8,12-13,18H,2-3,5,9-11,14H2,1H3. The molecule has 6 heteroatoms. The molecule has 2 aliphatic heterocycles. The van der Waals surface area contributed by atoms with Gasteiger partial charge in [0.25, 0.3) is 5.91 Å². The molecule has 1 atom stereocenters. The van der Waals surface area contributed by atoms with Crippen LogP contribution in [0.5, 0.6) is 5.75 Å². The fourth-order valence-corrected chi connectivity index (χ4v) is 4.03. The molecule has 1 aromatic carbocycles. The third-order valence-corrected chi connectivity index (χ3v) is 5.52. The van der Waals surface area contributed by atoms with Crippen LogP contribution in [0.3, 0.4) is 0 Å². The van der Waals surface area contributed by atoms with E-state index in [0.717, 1.165) is 30.6 Å². The van der Waals surface area contributed by atoms with Gasteiger partial charge in [0.2, 0.25) is 5.91 Å². The second-order valence-corrected chi connectivity index (χ2v) is 7.13. The first-order valence-corrected chi connectivity index (χ1v) is 9.46. The summed E-state index contributed by atoms with van der Waals surface area (Å²) < 4.78 is 10.6. The summed E-state index contributed by atoms with van der Waals surface area (Å²) in [7, 11) is 1.65. The van der Waals surface area contributed by atoms with E-state index in [1.807, 2.05) is 17.0 Å². The molecule has 2 aliphatic rings. The first-order chi connectivity index (χ1) is 13.2. The van der Waals surface area contributed by atoms with E-state index in [2.05, 4.69) is 6.07 Å². The number of likely N-dealkylation sites (tertiary alicyclic amines) is 1. The molecule has 0 radical (unpaired) electrons. The molecule has 0 bridgehead atoms. The minimum absolute atomic E-state index is 0.0306. The van der Waals surface area contributed by atoms with E-state index >= 15 is 0 Å². The number of fused-ring (bicyclic) bond motifs is 1. The van der Waals surface area contributed by atoms with Crippen LogP contribution in [-0.2, 0) is 17.8 Å². The highest BCUT2D eigenvalue weighted by Crippen LogP contribution is 2.27. The third-order valence-electron chi connectivity index (χ3n) is 5.52. The first-order valence-electron chi connectivity index (χ1n) is 9.46. The van der Waals surface area contributed by atoms with Crippen LogP contribution in [-0.4, -0.2) is 47.9 Å². The van der Waals surface area contributed by atoms with Crippen LogP contribution in [0.2, 0.25) is 0 Å². The number of piperidine rings is 1. The van der Waals surface area contributed by atoms with E-state index in [-0.39, 0.29) is 11.8 Å². The Morgan fingerprint density at radius 3 is 2.81 bits per heavy atom. The van der Waals surface area contributed by atoms with E-state index < -0.39 is 6.04 Å². The average Bonchev–Trinajstić information content (AvgIpc) is 3.26. The number of furan rings is 1. The number of hydrogen-bond acceptors (Lipinski definition) is 4. The van der Waals surface area contributed by atoms with Gasteiger partial charge in [-0.3, -0.25) is 9.59 Å². The van der Waals surface area contributed by atoms with Gasteiger partial charge in [-0.2, -0.15) is 0 Å². The number of hydrogen-bond donors (Lipinski definition) is 0. The van der Waals surface area contributed by atoms with Crippen molar-refractivity contribution in [3.63, 3.8) is 0 Å². The maximum Gasteiger partial charge on any atom is 0.290 e. The van der Waals surface area contributed by atoms with Crippen molar-refractivity contribution in [2.24, 2.45) is 0 Å². The van der Waals surface area contributed by atoms with Crippen LogP contribution in [0.25, 0.3) is 0 Å². The molecule has 0 N–H and O–H groups in total. The van der Waals surface area contributed by atoms with E-state index in [1.165, 1.54) is 11.8 Å². The fraction of sp³-hybridized carbons (Fsp3) is 0.429. The molecule has 6 nitrogen and oxygen atoms in total. The maximum atomic E-state index is 13.3. The van der Waals surface area contributed by atoms with Crippen molar-refractivity contribution in [2.45, 2.75) is 38.3 Å². The van der Waals surface area contributed by atoms with Crippen LogP contribution >= 0.6 is 0 Å². The van der Waals surface area contributed by atoms with Crippen molar-refractivity contribution >= 4 is 11.8 Å². The summed E-state index contributed by atoms with van der Waals surface area (Å²) in [6.45, 7) is 1.83. The number of methoxy groups -OCH3 is 1. The molecule has 1 saturated heterocycles. The number of rotatable bonds is 3. The summed E-state index contributed by atoms with van der Waals surface area (Å²) in [5, 5.41) is 0. The quantitative estimate of drug-likeness (QED) is 0.836. The van der Waals surface area contributed by atoms with E-state index in [1.54, 1.807) is 24.1 Å². The van der Waals surface area contributed by atoms with Gasteiger partial charge in [-0.1, -0.05) is 6.07 Å². The van der Waals surface area contributed by atoms with Gasteiger partial charge < -0.3 is 19.0 Å². The predicted octanol–water partition coefficient (Wildman–Crippen LogP) is 2.87. The van der Waals surface area contributed by atoms with E-state index in [9.17, 15) is 9.59 Å². The van der Waals surface area contributed by atoms with Gasteiger partial charge in [0.05, 0.1) is 13.4 Å². The molecular weight excluding hydrogens is 344 g/mol. The Morgan fingerprint density at radius 2 is 2.04 bits per heavy atom. The first kappa shape index (κ1) is 17.6. The molecule has 2 amide bonds. The Morgan fingerprint density at radius 1 is 1.15 bits per heavy atom. The van der Waals surface area contributed by atoms with Gasteiger partial charge in [-0.05, 0) is 61.1 Å². The summed E-state index contributed by atoms with van der Waals surface area (Å²) in [6, 6.07) is 8.97. The number of ether oxygens (including phenoxy) is 1. The van der Waals surface area contributed by atoms with Crippen molar-refractivity contribution in [1.82, 2.24) is 9.80 Å². The minimum Gasteiger partial charge on any atom is -0.497 e. The molecule has 142 valence electrons. The highest BCUT2D eigenvalue weighted by atomic mass is 16.5. The van der Waals surface area contributed by atoms with Crippen LogP contribution < -0.4 is 4.74 Å². The zero-order valence-electron chi connectivity index (χ0n) is 15.5. The lowest BCUT2D eigenvalue weighted by atomic mass is 9.96. The summed E-state index contributed by atoms with van der Waals surface area (Å²) in [5.74, 6) is 0.930. The second kappa shape index (κ2) is 7.47. The lowest BCUT2D eigenvalue weighted by Crippen LogP contribution is -2.53. The van der Waals surface area contributed by atoms with Crippen LogP contribution in [0.4, 0.5) is 0 Å². The van der Waals surface area contributed by atoms with Gasteiger partial charge in [0, 0.05) is 19.6 Å². The van der Waals surface area contributed by atoms with Gasteiger partial charge in [-0.15, -0.1) is 0 Å². The van der Waals surface area contributed by atoms with Gasteiger partial charge in [0.15, 0.2) is 5.76 Å². The zero-order valence-corrected chi connectivity index (χ0v) is 15.5. The number of carbonyl (C=O) groups is 2. The monoisotopic (exact) mass is 368 g/mol. The molecule has 4 rings (SSSR count). The normalized spacial score (nSPS) is 19.5. The lowest BCUT2D eigenvalue weighted by Gasteiger charge is -2.38. The fourth-order valence-electron chi connectivity index (χ4n) is 4.03. The lowest BCUT2D eigenvalue weighted by molar-refractivity contribution is -0.138. The van der Waals surface area contributed by atoms with Gasteiger partial charge in [-0.25, -0.2) is 0 Å². The Labute approximate surface area is 158 Å². The second-order valence-electron chi connectivity index (χ2n) is 7.13. The third kappa shape index (κ3) is 3.44. The Kier molecular flexibility index (Phi) is 4.88. The summed E-state index contributed by atoms with van der Waals surface area (Å²) >= 11 is 0. The van der Waals surface area contributed by atoms with Crippen molar-refractivity contribution < 1.29 is 18.7 Å². The molecule has 3 heterocycles. The molecule has 0 saturated carbocycles. The topological polar surface area (TPSA) is 63.0 Å². The van der Waals surface area contributed by atoms with Crippen LogP contribution in [0.15, 0.2) is 41.0 Å². The van der Waals surface area contributed by atoms with Crippen molar-refractivity contribution in [3.05, 3.63) is 53.5 Å². The van der Waals surface area contributed by atoms with Gasteiger partial charge >= 0.3 is 0 Å². The van der Waals surface area contributed by atoms with Crippen LogP contribution in [0, 0.1) is 0 Å². The molecule has 1 unspecified atom stereocenters. The van der Waals surface area contributed by atoms with Crippen molar-refractivity contribution in [1.29, 1.82) is 0 Å². The highest BCUT2D eigenvalue weighted by Gasteiger charge is 2.36. The average molecular weight is 368 g/mol. The molecule has 2 aromatic rings. The number of amides is 2. The molecule has 0 spiro atoms. The minimum atomic E-state index is -0.413. The summed E-state index contributed by atoms with van der Waals surface area (Å²) in [5.41, 5.74) is 2.38. The van der Waals surface area contributed by atoms with E-state index in [0.29, 0.717) is 31.8 Å². The van der Waals surface area contributed by atoms with Crippen molar-refractivity contribution in [2.75, 3.05) is 20.2 Å². The molecule has 0 aliphatic carbocycles. The maximum absolute atomic E-state index is 13.3. The SMILES string of the molecule is COc1ccc2c(c1)CN(C(=O)C1CCCCN1C(=O)c1ccco1)CC2. The van der Waals surface area contributed by atoms with Crippen LogP contribution in [0.1, 0.15) is 40.9 Å².